The standard InChI is InChI=1S/C20H22N2O2/c1-3-10-8-22-16-7-13(10)14-9-24-20(19(14)22)17-12-5-4-11(23-2)6-15(12)21-18(16)17/h3-6,13-14,16,19-21H,7-9H2,1-2H3/t13?,14?,16-,19+,20+/m0/s1. The quantitative estimate of drug-likeness (QED) is 0.816. The molecule has 0 amide bonds. The molecule has 1 N–H and O–H groups in total. The van der Waals surface area contributed by atoms with Gasteiger partial charge < -0.3 is 14.5 Å². The van der Waals surface area contributed by atoms with E-state index in [9.17, 15) is 0 Å². The molecule has 2 aromatic rings. The van der Waals surface area contributed by atoms with E-state index in [1.807, 2.05) is 0 Å². The minimum absolute atomic E-state index is 0.226. The molecule has 4 heteroatoms. The first kappa shape index (κ1) is 13.5. The normalized spacial score (nSPS) is 40.3. The maximum atomic E-state index is 6.39. The number of allylic oxidation sites excluding steroid dienone is 1. The van der Waals surface area contributed by atoms with Crippen LogP contribution in [0.15, 0.2) is 29.8 Å². The van der Waals surface area contributed by atoms with Crippen molar-refractivity contribution < 1.29 is 9.47 Å². The van der Waals surface area contributed by atoms with Crippen molar-refractivity contribution in [2.24, 2.45) is 11.8 Å². The van der Waals surface area contributed by atoms with Crippen LogP contribution in [0.25, 0.3) is 10.9 Å². The number of methoxy groups -OCH3 is 1. The van der Waals surface area contributed by atoms with Gasteiger partial charge in [-0.05, 0) is 31.4 Å². The third-order valence-electron chi connectivity index (χ3n) is 6.90. The van der Waals surface area contributed by atoms with Crippen LogP contribution in [0.2, 0.25) is 0 Å². The summed E-state index contributed by atoms with van der Waals surface area (Å²) in [6, 6.07) is 7.47. The number of H-pyrrole nitrogens is 1. The number of aromatic nitrogens is 1. The first-order valence-electron chi connectivity index (χ1n) is 9.02. The fourth-order valence-electron chi connectivity index (χ4n) is 5.90. The molecule has 124 valence electrons. The number of piperidine rings is 3. The lowest BCUT2D eigenvalue weighted by atomic mass is 9.64. The Hall–Kier alpha value is -1.78. The van der Waals surface area contributed by atoms with Gasteiger partial charge in [-0.25, -0.2) is 0 Å². The highest BCUT2D eigenvalue weighted by Gasteiger charge is 2.59. The van der Waals surface area contributed by atoms with Gasteiger partial charge in [0.05, 0.1) is 19.8 Å². The number of benzene rings is 1. The van der Waals surface area contributed by atoms with E-state index in [1.54, 1.807) is 12.7 Å². The summed E-state index contributed by atoms with van der Waals surface area (Å²) in [6.07, 6.45) is 3.80. The van der Waals surface area contributed by atoms with E-state index in [2.05, 4.69) is 41.1 Å². The zero-order chi connectivity index (χ0) is 16.0. The van der Waals surface area contributed by atoms with Crippen LogP contribution >= 0.6 is 0 Å². The SMILES string of the molecule is CC=C1CN2[C@@H]3C4CO[C@@H]3c3c([nH]c5cc(OC)ccc35)[C@@H]2CC14. The molecule has 3 unspecified atom stereocenters. The lowest BCUT2D eigenvalue weighted by Gasteiger charge is -2.56. The number of hydrogen-bond donors (Lipinski definition) is 1. The molecule has 7 rings (SSSR count). The number of aromatic amines is 1. The second-order valence-corrected chi connectivity index (χ2v) is 7.67. The monoisotopic (exact) mass is 322 g/mol. The van der Waals surface area contributed by atoms with Crippen molar-refractivity contribution in [1.82, 2.24) is 9.88 Å². The van der Waals surface area contributed by atoms with E-state index in [1.165, 1.54) is 28.6 Å². The van der Waals surface area contributed by atoms with Gasteiger partial charge in [0, 0.05) is 46.7 Å². The highest BCUT2D eigenvalue weighted by molar-refractivity contribution is 5.87. The van der Waals surface area contributed by atoms with E-state index < -0.39 is 0 Å². The predicted octanol–water partition coefficient (Wildman–Crippen LogP) is 3.57. The second-order valence-electron chi connectivity index (χ2n) is 7.67. The Kier molecular flexibility index (Phi) is 2.50. The van der Waals surface area contributed by atoms with Gasteiger partial charge in [0.1, 0.15) is 11.9 Å². The number of rotatable bonds is 1. The summed E-state index contributed by atoms with van der Waals surface area (Å²) in [5.41, 5.74) is 5.61. The van der Waals surface area contributed by atoms with Crippen LogP contribution in [0.4, 0.5) is 0 Å². The van der Waals surface area contributed by atoms with Crippen LogP contribution in [0.3, 0.4) is 0 Å². The molecular formula is C20H22N2O2. The van der Waals surface area contributed by atoms with Crippen molar-refractivity contribution in [1.29, 1.82) is 0 Å². The largest absolute Gasteiger partial charge is 0.497 e. The van der Waals surface area contributed by atoms with Crippen LogP contribution in [0.1, 0.15) is 36.7 Å². The molecule has 6 atom stereocenters. The Morgan fingerprint density at radius 2 is 2.29 bits per heavy atom. The minimum atomic E-state index is 0.226. The van der Waals surface area contributed by atoms with Crippen LogP contribution < -0.4 is 4.74 Å². The zero-order valence-corrected chi connectivity index (χ0v) is 14.1. The molecule has 0 aliphatic carbocycles. The molecule has 4 nitrogen and oxygen atoms in total. The smallest absolute Gasteiger partial charge is 0.120 e. The number of hydrogen-bond acceptors (Lipinski definition) is 3. The van der Waals surface area contributed by atoms with Gasteiger partial charge >= 0.3 is 0 Å². The molecule has 1 aromatic heterocycles. The molecule has 24 heavy (non-hydrogen) atoms. The van der Waals surface area contributed by atoms with Crippen LogP contribution in [-0.4, -0.2) is 36.2 Å². The molecule has 6 heterocycles. The molecular weight excluding hydrogens is 300 g/mol. The lowest BCUT2D eigenvalue weighted by Crippen LogP contribution is -2.59. The van der Waals surface area contributed by atoms with Gasteiger partial charge in [0.2, 0.25) is 0 Å². The van der Waals surface area contributed by atoms with E-state index in [0.717, 1.165) is 18.9 Å². The van der Waals surface area contributed by atoms with E-state index in [4.69, 9.17) is 9.47 Å². The molecule has 5 aliphatic heterocycles. The summed E-state index contributed by atoms with van der Waals surface area (Å²) in [5, 5.41) is 1.32. The minimum Gasteiger partial charge on any atom is -0.497 e. The summed E-state index contributed by atoms with van der Waals surface area (Å²) >= 11 is 0. The molecule has 4 bridgehead atoms. The van der Waals surface area contributed by atoms with Gasteiger partial charge in [-0.15, -0.1) is 0 Å². The average Bonchev–Trinajstić information content (AvgIpc) is 3.23. The second kappa shape index (κ2) is 4.44. The molecule has 1 aromatic carbocycles. The van der Waals surface area contributed by atoms with Gasteiger partial charge in [-0.3, -0.25) is 4.90 Å². The summed E-state index contributed by atoms with van der Waals surface area (Å²) < 4.78 is 11.8. The van der Waals surface area contributed by atoms with Crippen LogP contribution in [0.5, 0.6) is 5.75 Å². The maximum Gasteiger partial charge on any atom is 0.120 e. The Balaban J connectivity index is 1.59. The van der Waals surface area contributed by atoms with Gasteiger partial charge in [0.25, 0.3) is 0 Å². The van der Waals surface area contributed by atoms with Crippen molar-refractivity contribution in [3.8, 4) is 5.75 Å². The molecule has 0 radical (unpaired) electrons. The lowest BCUT2D eigenvalue weighted by molar-refractivity contribution is -0.0332. The van der Waals surface area contributed by atoms with Gasteiger partial charge in [0.15, 0.2) is 0 Å². The average molecular weight is 322 g/mol. The maximum absolute atomic E-state index is 6.39. The number of nitrogens with one attached hydrogen (secondary N) is 1. The zero-order valence-electron chi connectivity index (χ0n) is 14.1. The van der Waals surface area contributed by atoms with E-state index in [-0.39, 0.29) is 6.10 Å². The van der Waals surface area contributed by atoms with Crippen LogP contribution in [-0.2, 0) is 4.74 Å². The Morgan fingerprint density at radius 1 is 1.38 bits per heavy atom. The molecule has 5 aliphatic rings. The molecule has 4 saturated heterocycles. The van der Waals surface area contributed by atoms with Gasteiger partial charge in [-0.1, -0.05) is 11.6 Å². The van der Waals surface area contributed by atoms with Crippen molar-refractivity contribution in [3.05, 3.63) is 41.1 Å². The van der Waals surface area contributed by atoms with Crippen molar-refractivity contribution in [3.63, 3.8) is 0 Å². The van der Waals surface area contributed by atoms with Crippen LogP contribution in [0, 0.1) is 11.8 Å². The fraction of sp³-hybridized carbons (Fsp3) is 0.500. The van der Waals surface area contributed by atoms with E-state index >= 15 is 0 Å². The highest BCUT2D eigenvalue weighted by Crippen LogP contribution is 2.60. The number of fused-ring (bicyclic) bond motifs is 5. The van der Waals surface area contributed by atoms with Crippen molar-refractivity contribution in [2.75, 3.05) is 20.3 Å². The summed E-state index contributed by atoms with van der Waals surface area (Å²) in [7, 11) is 1.73. The predicted molar refractivity (Wildman–Crippen MR) is 92.1 cm³/mol. The summed E-state index contributed by atoms with van der Waals surface area (Å²) in [5.74, 6) is 2.28. The molecule has 4 fully saturated rings. The summed E-state index contributed by atoms with van der Waals surface area (Å²) in [4.78, 5) is 6.44. The third-order valence-corrected chi connectivity index (χ3v) is 6.90. The summed E-state index contributed by atoms with van der Waals surface area (Å²) in [6.45, 7) is 4.22. The van der Waals surface area contributed by atoms with Gasteiger partial charge in [-0.2, -0.15) is 0 Å². The number of nitrogens with zero attached hydrogens (tertiary/aromatic N) is 1. The number of ether oxygens (including phenoxy) is 2. The first-order valence-corrected chi connectivity index (χ1v) is 9.02. The molecule has 0 saturated carbocycles. The first-order chi connectivity index (χ1) is 11.8. The topological polar surface area (TPSA) is 37.5 Å². The van der Waals surface area contributed by atoms with Crippen molar-refractivity contribution in [2.45, 2.75) is 31.5 Å². The molecule has 0 spiro atoms. The Labute approximate surface area is 141 Å². The van der Waals surface area contributed by atoms with Crippen molar-refractivity contribution >= 4 is 10.9 Å². The fourth-order valence-corrected chi connectivity index (χ4v) is 5.90. The Morgan fingerprint density at radius 3 is 3.12 bits per heavy atom. The Bertz CT molecular complexity index is 883. The highest BCUT2D eigenvalue weighted by atomic mass is 16.5. The van der Waals surface area contributed by atoms with E-state index in [0.29, 0.717) is 23.9 Å². The third kappa shape index (κ3) is 1.43.